The molecule has 0 bridgehead atoms. The van der Waals surface area contributed by atoms with Gasteiger partial charge in [-0.15, -0.1) is 0 Å². The number of hydrogen-bond donors (Lipinski definition) is 2. The van der Waals surface area contributed by atoms with Gasteiger partial charge in [0.15, 0.2) is 5.52 Å². The largest absolute Gasteiger partial charge is 0.708 e. The van der Waals surface area contributed by atoms with Gasteiger partial charge in [-0.1, -0.05) is 0 Å². The van der Waals surface area contributed by atoms with Gasteiger partial charge in [0.25, 0.3) is 5.65 Å². The fraction of sp³-hybridized carbons (Fsp3) is 0. The molecule has 0 unspecified atom stereocenters. The second kappa shape index (κ2) is 1.82. The molecule has 6 heteroatoms. The zero-order chi connectivity index (χ0) is 7.84. The molecule has 0 saturated carbocycles. The predicted molar refractivity (Wildman–Crippen MR) is 35.7 cm³/mol. The highest BCUT2D eigenvalue weighted by Crippen LogP contribution is 1.93. The summed E-state index contributed by atoms with van der Waals surface area (Å²) in [5, 5.41) is 10.7. The van der Waals surface area contributed by atoms with Crippen molar-refractivity contribution in [2.75, 3.05) is 0 Å². The fourth-order valence-corrected chi connectivity index (χ4v) is 0.855. The molecular weight excluding hydrogens is 148 g/mol. The van der Waals surface area contributed by atoms with Crippen LogP contribution >= 0.6 is 0 Å². The van der Waals surface area contributed by atoms with Gasteiger partial charge in [-0.25, -0.2) is 14.5 Å². The van der Waals surface area contributed by atoms with Crippen molar-refractivity contribution in [2.45, 2.75) is 0 Å². The van der Waals surface area contributed by atoms with Crippen LogP contribution in [0.4, 0.5) is 0 Å². The van der Waals surface area contributed by atoms with Crippen LogP contribution in [-0.4, -0.2) is 15.0 Å². The molecular formula is C5H4N4O2. The zero-order valence-corrected chi connectivity index (χ0v) is 5.37. The van der Waals surface area contributed by atoms with Gasteiger partial charge in [0.05, 0.1) is 6.33 Å². The summed E-state index contributed by atoms with van der Waals surface area (Å²) in [5.74, 6) is 0. The van der Waals surface area contributed by atoms with Crippen molar-refractivity contribution in [2.24, 2.45) is 0 Å². The summed E-state index contributed by atoms with van der Waals surface area (Å²) in [5.41, 5.74) is -0.0409. The van der Waals surface area contributed by atoms with Crippen molar-refractivity contribution in [1.29, 1.82) is 0 Å². The Morgan fingerprint density at radius 2 is 2.36 bits per heavy atom. The van der Waals surface area contributed by atoms with Crippen molar-refractivity contribution in [3.8, 4) is 0 Å². The molecule has 2 heterocycles. The Balaban J connectivity index is 3.05. The van der Waals surface area contributed by atoms with Crippen LogP contribution in [0, 0.1) is 5.21 Å². The van der Waals surface area contributed by atoms with E-state index in [0.717, 1.165) is 6.33 Å². The molecule has 0 aliphatic heterocycles. The average Bonchev–Trinajstić information content (AvgIpc) is 2.45. The van der Waals surface area contributed by atoms with Crippen molar-refractivity contribution in [3.05, 3.63) is 28.2 Å². The maximum atomic E-state index is 10.9. The summed E-state index contributed by atoms with van der Waals surface area (Å²) < 4.78 is 0.209. The van der Waals surface area contributed by atoms with E-state index in [0.29, 0.717) is 5.65 Å². The van der Waals surface area contributed by atoms with E-state index in [1.807, 2.05) is 0 Å². The highest BCUT2D eigenvalue weighted by molar-refractivity contribution is 5.66. The Bertz CT molecular complexity index is 443. The van der Waals surface area contributed by atoms with Crippen LogP contribution in [0.15, 0.2) is 17.4 Å². The summed E-state index contributed by atoms with van der Waals surface area (Å²) in [6.45, 7) is 0. The molecule has 56 valence electrons. The van der Waals surface area contributed by atoms with Crippen LogP contribution in [-0.2, 0) is 0 Å². The van der Waals surface area contributed by atoms with E-state index in [1.54, 1.807) is 0 Å². The highest BCUT2D eigenvalue weighted by atomic mass is 16.5. The highest BCUT2D eigenvalue weighted by Gasteiger charge is 2.05. The number of rotatable bonds is 0. The minimum Gasteiger partial charge on any atom is -0.708 e. The predicted octanol–water partition coefficient (Wildman–Crippen LogP) is -1.12. The average molecular weight is 152 g/mol. The summed E-state index contributed by atoms with van der Waals surface area (Å²) in [6, 6.07) is 0. The molecule has 2 aromatic rings. The van der Waals surface area contributed by atoms with E-state index < -0.39 is 5.56 Å². The molecule has 6 nitrogen and oxygen atoms in total. The lowest BCUT2D eigenvalue weighted by Crippen LogP contribution is -2.44. The number of fused-ring (bicyclic) bond motifs is 1. The smallest absolute Gasteiger partial charge is 0.366 e. The lowest BCUT2D eigenvalue weighted by Gasteiger charge is -1.94. The molecule has 0 atom stereocenters. The maximum absolute atomic E-state index is 10.9. The SMILES string of the molecule is O=c1c2[nH]cnc2[nH]c[n+]1[O-]. The van der Waals surface area contributed by atoms with Crippen molar-refractivity contribution >= 4 is 11.2 Å². The van der Waals surface area contributed by atoms with Gasteiger partial charge < -0.3 is 10.2 Å². The summed E-state index contributed by atoms with van der Waals surface area (Å²) in [6.07, 6.45) is 2.37. The number of imidazole rings is 1. The number of nitrogens with zero attached hydrogens (tertiary/aromatic N) is 2. The standard InChI is InChI=1S/C5H4N4O2/c10-5-3-4(7-1-6-3)8-2-9(5)11/h1-2,8H,(H,6,7). The van der Waals surface area contributed by atoms with Gasteiger partial charge in [-0.2, -0.15) is 4.98 Å². The topological polar surface area (TPSA) is 88.5 Å². The normalized spacial score (nSPS) is 10.5. The monoisotopic (exact) mass is 152 g/mol. The Morgan fingerprint density at radius 3 is 3.18 bits per heavy atom. The van der Waals surface area contributed by atoms with Crippen LogP contribution < -0.4 is 10.3 Å². The molecule has 0 aliphatic carbocycles. The van der Waals surface area contributed by atoms with Crippen LogP contribution in [0.3, 0.4) is 0 Å². The number of H-pyrrole nitrogens is 2. The van der Waals surface area contributed by atoms with Gasteiger partial charge in [0.2, 0.25) is 6.33 Å². The Kier molecular flexibility index (Phi) is 0.974. The van der Waals surface area contributed by atoms with Gasteiger partial charge in [-0.05, 0) is 0 Å². The van der Waals surface area contributed by atoms with Crippen molar-refractivity contribution in [3.63, 3.8) is 0 Å². The van der Waals surface area contributed by atoms with Gasteiger partial charge in [0.1, 0.15) is 0 Å². The first-order valence-electron chi connectivity index (χ1n) is 2.93. The molecule has 0 amide bonds. The van der Waals surface area contributed by atoms with Gasteiger partial charge in [-0.3, -0.25) is 0 Å². The fourth-order valence-electron chi connectivity index (χ4n) is 0.855. The summed E-state index contributed by atoms with van der Waals surface area (Å²) >= 11 is 0. The lowest BCUT2D eigenvalue weighted by molar-refractivity contribution is -0.622. The molecule has 0 saturated heterocycles. The van der Waals surface area contributed by atoms with Gasteiger partial charge in [0, 0.05) is 0 Å². The second-order valence-corrected chi connectivity index (χ2v) is 2.03. The number of aromatic amines is 2. The molecule has 11 heavy (non-hydrogen) atoms. The summed E-state index contributed by atoms with van der Waals surface area (Å²) in [4.78, 5) is 19.8. The quantitative estimate of drug-likeness (QED) is 0.370. The van der Waals surface area contributed by atoms with E-state index in [4.69, 9.17) is 0 Å². The Labute approximate surface area is 60.1 Å². The van der Waals surface area contributed by atoms with Crippen LogP contribution in [0.25, 0.3) is 11.2 Å². The molecule has 2 N–H and O–H groups in total. The lowest BCUT2D eigenvalue weighted by atomic mass is 10.5. The first-order valence-corrected chi connectivity index (χ1v) is 2.93. The third-order valence-electron chi connectivity index (χ3n) is 1.37. The Hall–Kier alpha value is -1.85. The maximum Gasteiger partial charge on any atom is 0.366 e. The number of aromatic nitrogens is 4. The van der Waals surface area contributed by atoms with Crippen LogP contribution in [0.1, 0.15) is 0 Å². The molecule has 0 radical (unpaired) electrons. The van der Waals surface area contributed by atoms with Gasteiger partial charge >= 0.3 is 5.56 Å². The second-order valence-electron chi connectivity index (χ2n) is 2.03. The molecule has 0 aromatic carbocycles. The first-order chi connectivity index (χ1) is 5.29. The van der Waals surface area contributed by atoms with E-state index in [2.05, 4.69) is 15.0 Å². The minimum absolute atomic E-state index is 0.197. The minimum atomic E-state index is -0.628. The first kappa shape index (κ1) is 5.90. The van der Waals surface area contributed by atoms with E-state index in [-0.39, 0.29) is 10.2 Å². The third-order valence-corrected chi connectivity index (χ3v) is 1.37. The molecule has 0 fully saturated rings. The van der Waals surface area contributed by atoms with Crippen molar-refractivity contribution < 1.29 is 4.73 Å². The van der Waals surface area contributed by atoms with E-state index >= 15 is 0 Å². The van der Waals surface area contributed by atoms with Crippen LogP contribution in [0.5, 0.6) is 0 Å². The molecule has 0 aliphatic rings. The number of hydrogen-bond acceptors (Lipinski definition) is 3. The third kappa shape index (κ3) is 0.689. The number of nitrogens with one attached hydrogen (secondary N) is 2. The Morgan fingerprint density at radius 1 is 1.55 bits per heavy atom. The van der Waals surface area contributed by atoms with Crippen LogP contribution in [0.2, 0.25) is 0 Å². The molecule has 0 spiro atoms. The summed E-state index contributed by atoms with van der Waals surface area (Å²) in [7, 11) is 0. The zero-order valence-electron chi connectivity index (χ0n) is 5.37. The van der Waals surface area contributed by atoms with E-state index in [9.17, 15) is 10.0 Å². The molecule has 2 rings (SSSR count). The van der Waals surface area contributed by atoms with E-state index in [1.165, 1.54) is 6.33 Å². The molecule has 2 aromatic heterocycles. The van der Waals surface area contributed by atoms with Crippen molar-refractivity contribution in [1.82, 2.24) is 15.0 Å².